The standard InChI is InChI=1S/C29H26N4O6S/c1-3-38-28(36)24-22(26(34)32(30-24)19-11-7-5-8-12-19)21(18-15-16-40-17-18)23-25(29(37)39-4-2)31-33(27(23)35)20-13-9-6-10-14-20/h5-17,21,30-31H,3-4H2,1-2H3. The molecule has 0 aliphatic rings. The Morgan fingerprint density at radius 2 is 1.20 bits per heavy atom. The number of ether oxygens (including phenoxy) is 2. The summed E-state index contributed by atoms with van der Waals surface area (Å²) in [4.78, 5) is 54.6. The molecule has 40 heavy (non-hydrogen) atoms. The molecule has 3 aromatic heterocycles. The SMILES string of the molecule is CCOC(=O)c1[nH]n(-c2ccccc2)c(=O)c1C(c1ccsc1)c1c(C(=O)OCC)[nH]n(-c2ccccc2)c1=O. The van der Waals surface area contributed by atoms with Gasteiger partial charge in [0, 0.05) is 0 Å². The molecule has 5 aromatic rings. The topological polar surface area (TPSA) is 128 Å². The van der Waals surface area contributed by atoms with Crippen molar-refractivity contribution in [1.82, 2.24) is 19.6 Å². The summed E-state index contributed by atoms with van der Waals surface area (Å²) >= 11 is 1.35. The highest BCUT2D eigenvalue weighted by Gasteiger charge is 2.37. The van der Waals surface area contributed by atoms with E-state index in [-0.39, 0.29) is 35.7 Å². The van der Waals surface area contributed by atoms with Crippen molar-refractivity contribution >= 4 is 23.3 Å². The third-order valence-electron chi connectivity index (χ3n) is 6.29. The van der Waals surface area contributed by atoms with Gasteiger partial charge in [0.25, 0.3) is 11.1 Å². The molecule has 0 radical (unpaired) electrons. The number of benzene rings is 2. The van der Waals surface area contributed by atoms with Crippen LogP contribution in [0.2, 0.25) is 0 Å². The molecule has 0 aliphatic heterocycles. The quantitative estimate of drug-likeness (QED) is 0.261. The van der Waals surface area contributed by atoms with Crippen LogP contribution in [-0.2, 0) is 9.47 Å². The van der Waals surface area contributed by atoms with E-state index in [4.69, 9.17) is 9.47 Å². The van der Waals surface area contributed by atoms with Crippen LogP contribution in [0.5, 0.6) is 0 Å². The largest absolute Gasteiger partial charge is 0.461 e. The summed E-state index contributed by atoms with van der Waals surface area (Å²) in [6.07, 6.45) is 0. The fourth-order valence-electron chi connectivity index (χ4n) is 4.59. The highest BCUT2D eigenvalue weighted by atomic mass is 32.1. The van der Waals surface area contributed by atoms with Crippen molar-refractivity contribution in [2.24, 2.45) is 0 Å². The summed E-state index contributed by atoms with van der Waals surface area (Å²) in [6, 6.07) is 19.2. The van der Waals surface area contributed by atoms with E-state index in [9.17, 15) is 19.2 Å². The van der Waals surface area contributed by atoms with Crippen LogP contribution in [0.4, 0.5) is 0 Å². The molecule has 0 unspecified atom stereocenters. The average molecular weight is 559 g/mol. The first-order valence-electron chi connectivity index (χ1n) is 12.6. The number of aromatic nitrogens is 4. The number of H-pyrrole nitrogens is 2. The van der Waals surface area contributed by atoms with Gasteiger partial charge < -0.3 is 9.47 Å². The molecule has 0 atom stereocenters. The van der Waals surface area contributed by atoms with Gasteiger partial charge in [0.1, 0.15) is 0 Å². The Balaban J connectivity index is 1.85. The van der Waals surface area contributed by atoms with Gasteiger partial charge in [-0.1, -0.05) is 36.4 Å². The number of para-hydroxylation sites is 2. The van der Waals surface area contributed by atoms with Gasteiger partial charge in [0.15, 0.2) is 11.4 Å². The summed E-state index contributed by atoms with van der Waals surface area (Å²) in [5, 5.41) is 9.35. The van der Waals surface area contributed by atoms with Gasteiger partial charge in [-0.3, -0.25) is 19.8 Å². The highest BCUT2D eigenvalue weighted by molar-refractivity contribution is 7.08. The number of carbonyl (C=O) groups excluding carboxylic acids is 2. The number of esters is 2. The lowest BCUT2D eigenvalue weighted by molar-refractivity contribution is 0.0510. The summed E-state index contributed by atoms with van der Waals surface area (Å²) < 4.78 is 13.0. The van der Waals surface area contributed by atoms with Crippen LogP contribution in [-0.4, -0.2) is 44.7 Å². The van der Waals surface area contributed by atoms with Gasteiger partial charge in [-0.25, -0.2) is 19.0 Å². The molecule has 5 rings (SSSR count). The van der Waals surface area contributed by atoms with E-state index >= 15 is 0 Å². The van der Waals surface area contributed by atoms with Gasteiger partial charge >= 0.3 is 11.9 Å². The number of rotatable bonds is 9. The zero-order valence-corrected chi connectivity index (χ0v) is 22.6. The number of nitrogens with zero attached hydrogens (tertiary/aromatic N) is 2. The Labute approximate surface area is 232 Å². The lowest BCUT2D eigenvalue weighted by atomic mass is 9.86. The first kappa shape index (κ1) is 26.7. The Morgan fingerprint density at radius 1 is 0.750 bits per heavy atom. The fourth-order valence-corrected chi connectivity index (χ4v) is 5.27. The Morgan fingerprint density at radius 3 is 1.57 bits per heavy atom. The smallest absolute Gasteiger partial charge is 0.356 e. The summed E-state index contributed by atoms with van der Waals surface area (Å²) in [5.41, 5.74) is 0.102. The van der Waals surface area contributed by atoms with Crippen LogP contribution >= 0.6 is 11.3 Å². The lowest BCUT2D eigenvalue weighted by Gasteiger charge is -2.15. The lowest BCUT2D eigenvalue weighted by Crippen LogP contribution is -2.26. The molecular formula is C29H26N4O6S. The maximum atomic E-state index is 14.1. The summed E-state index contributed by atoms with van der Waals surface area (Å²) in [5.74, 6) is -2.63. The Bertz CT molecular complexity index is 1630. The molecule has 0 saturated carbocycles. The van der Waals surface area contributed by atoms with E-state index in [0.717, 1.165) is 0 Å². The molecular weight excluding hydrogens is 532 g/mol. The minimum absolute atomic E-state index is 0.0254. The van der Waals surface area contributed by atoms with E-state index < -0.39 is 29.0 Å². The van der Waals surface area contributed by atoms with Crippen LogP contribution in [0, 0.1) is 0 Å². The second-order valence-corrected chi connectivity index (χ2v) is 9.46. The van der Waals surface area contributed by atoms with Crippen LogP contribution in [0.3, 0.4) is 0 Å². The molecule has 0 amide bonds. The fraction of sp³-hybridized carbons (Fsp3) is 0.172. The van der Waals surface area contributed by atoms with Crippen molar-refractivity contribution in [3.63, 3.8) is 0 Å². The Kier molecular flexibility index (Phi) is 7.65. The molecule has 0 fully saturated rings. The Hall–Kier alpha value is -4.90. The molecule has 204 valence electrons. The molecule has 0 bridgehead atoms. The highest BCUT2D eigenvalue weighted by Crippen LogP contribution is 2.34. The van der Waals surface area contributed by atoms with Crippen molar-refractivity contribution in [3.05, 3.63) is 126 Å². The first-order valence-corrected chi connectivity index (χ1v) is 13.6. The van der Waals surface area contributed by atoms with Crippen LogP contribution < -0.4 is 11.1 Å². The van der Waals surface area contributed by atoms with Crippen LogP contribution in [0.15, 0.2) is 87.1 Å². The predicted molar refractivity (Wildman–Crippen MR) is 150 cm³/mol. The molecule has 0 spiro atoms. The van der Waals surface area contributed by atoms with Crippen molar-refractivity contribution in [3.8, 4) is 11.4 Å². The predicted octanol–water partition coefficient (Wildman–Crippen LogP) is 4.24. The third-order valence-corrected chi connectivity index (χ3v) is 7.00. The van der Waals surface area contributed by atoms with Crippen molar-refractivity contribution in [2.45, 2.75) is 19.8 Å². The van der Waals surface area contributed by atoms with Crippen molar-refractivity contribution in [1.29, 1.82) is 0 Å². The van der Waals surface area contributed by atoms with Crippen molar-refractivity contribution < 1.29 is 19.1 Å². The molecule has 3 heterocycles. The average Bonchev–Trinajstić information content (AvgIpc) is 3.70. The summed E-state index contributed by atoms with van der Waals surface area (Å²) in [7, 11) is 0. The molecule has 2 N–H and O–H groups in total. The number of nitrogens with one attached hydrogen (secondary N) is 2. The summed E-state index contributed by atoms with van der Waals surface area (Å²) in [6.45, 7) is 3.45. The minimum atomic E-state index is -1.10. The number of thiophene rings is 1. The van der Waals surface area contributed by atoms with Gasteiger partial charge in [-0.15, -0.1) is 0 Å². The van der Waals surface area contributed by atoms with Gasteiger partial charge in [0.05, 0.1) is 41.6 Å². The number of hydrogen-bond donors (Lipinski definition) is 2. The zero-order chi connectivity index (χ0) is 28.2. The van der Waals surface area contributed by atoms with Crippen LogP contribution in [0.25, 0.3) is 11.4 Å². The minimum Gasteiger partial charge on any atom is -0.461 e. The second-order valence-electron chi connectivity index (χ2n) is 8.68. The molecule has 0 saturated heterocycles. The van der Waals surface area contributed by atoms with Crippen molar-refractivity contribution in [2.75, 3.05) is 13.2 Å². The van der Waals surface area contributed by atoms with Gasteiger partial charge in [-0.2, -0.15) is 11.3 Å². The number of hydrogen-bond acceptors (Lipinski definition) is 7. The monoisotopic (exact) mass is 558 g/mol. The van der Waals surface area contributed by atoms with E-state index in [1.165, 1.54) is 20.7 Å². The van der Waals surface area contributed by atoms with Crippen LogP contribution in [0.1, 0.15) is 57.4 Å². The normalized spacial score (nSPS) is 11.1. The van der Waals surface area contributed by atoms with Gasteiger partial charge in [-0.05, 0) is 60.5 Å². The maximum absolute atomic E-state index is 14.1. The number of carbonyl (C=O) groups is 2. The number of aromatic amines is 2. The van der Waals surface area contributed by atoms with Gasteiger partial charge in [0.2, 0.25) is 0 Å². The van der Waals surface area contributed by atoms with E-state index in [0.29, 0.717) is 16.9 Å². The molecule has 10 nitrogen and oxygen atoms in total. The molecule has 0 aliphatic carbocycles. The van der Waals surface area contributed by atoms with E-state index in [1.54, 1.807) is 91.3 Å². The maximum Gasteiger partial charge on any atom is 0.356 e. The van der Waals surface area contributed by atoms with E-state index in [2.05, 4.69) is 10.2 Å². The zero-order valence-electron chi connectivity index (χ0n) is 21.7. The molecule has 2 aromatic carbocycles. The third kappa shape index (κ3) is 4.82. The second kappa shape index (κ2) is 11.5. The first-order chi connectivity index (χ1) is 19.5. The van der Waals surface area contributed by atoms with E-state index in [1.807, 2.05) is 0 Å². The molecule has 11 heteroatoms.